The van der Waals surface area contributed by atoms with Gasteiger partial charge in [-0.05, 0) is 59.5 Å². The van der Waals surface area contributed by atoms with Gasteiger partial charge in [0.25, 0.3) is 5.69 Å². The van der Waals surface area contributed by atoms with Crippen LogP contribution in [0.4, 0.5) is 11.4 Å². The fraction of sp³-hybridized carbons (Fsp3) is 0.278. The topological polar surface area (TPSA) is 81.5 Å². The summed E-state index contributed by atoms with van der Waals surface area (Å²) in [5.74, 6) is 0.538. The first-order valence-electron chi connectivity index (χ1n) is 7.80. The lowest BCUT2D eigenvalue weighted by Crippen LogP contribution is -2.13. The van der Waals surface area contributed by atoms with Crippen molar-refractivity contribution in [3.05, 3.63) is 62.1 Å². The van der Waals surface area contributed by atoms with E-state index in [-0.39, 0.29) is 18.0 Å². The predicted molar refractivity (Wildman–Crippen MR) is 100 cm³/mol. The highest BCUT2D eigenvalue weighted by molar-refractivity contribution is 9.10. The largest absolute Gasteiger partial charge is 0.492 e. The molecule has 25 heavy (non-hydrogen) atoms. The van der Waals surface area contributed by atoms with Crippen LogP contribution in [0.3, 0.4) is 0 Å². The number of amides is 1. The Bertz CT molecular complexity index is 793. The summed E-state index contributed by atoms with van der Waals surface area (Å²) in [5.41, 5.74) is 2.32. The second kappa shape index (κ2) is 8.62. The van der Waals surface area contributed by atoms with Gasteiger partial charge in [-0.25, -0.2) is 0 Å². The average molecular weight is 407 g/mol. The molecule has 2 aromatic rings. The van der Waals surface area contributed by atoms with Crippen LogP contribution >= 0.6 is 15.9 Å². The number of benzene rings is 2. The van der Waals surface area contributed by atoms with Crippen LogP contribution in [0.25, 0.3) is 0 Å². The summed E-state index contributed by atoms with van der Waals surface area (Å²) in [6.07, 6.45) is 0.811. The van der Waals surface area contributed by atoms with E-state index in [1.54, 1.807) is 13.0 Å². The minimum Gasteiger partial charge on any atom is -0.492 e. The monoisotopic (exact) mass is 406 g/mol. The molecule has 1 amide bonds. The molecule has 0 aliphatic rings. The van der Waals surface area contributed by atoms with Crippen molar-refractivity contribution in [3.63, 3.8) is 0 Å². The van der Waals surface area contributed by atoms with E-state index >= 15 is 0 Å². The molecule has 0 fully saturated rings. The molecule has 6 nitrogen and oxygen atoms in total. The second-order valence-corrected chi connectivity index (χ2v) is 6.54. The molecule has 0 heterocycles. The molecular formula is C18H19BrN2O4. The second-order valence-electron chi connectivity index (χ2n) is 5.69. The van der Waals surface area contributed by atoms with Crippen molar-refractivity contribution in [1.82, 2.24) is 0 Å². The fourth-order valence-electron chi connectivity index (χ4n) is 2.21. The van der Waals surface area contributed by atoms with Crippen LogP contribution in [0, 0.1) is 24.0 Å². The van der Waals surface area contributed by atoms with Gasteiger partial charge in [-0.15, -0.1) is 0 Å². The van der Waals surface area contributed by atoms with Crippen LogP contribution in [-0.2, 0) is 4.79 Å². The molecule has 7 heteroatoms. The Hall–Kier alpha value is -2.41. The normalized spacial score (nSPS) is 10.4. The van der Waals surface area contributed by atoms with Crippen molar-refractivity contribution in [2.75, 3.05) is 11.9 Å². The Kier molecular flexibility index (Phi) is 6.52. The van der Waals surface area contributed by atoms with Gasteiger partial charge >= 0.3 is 0 Å². The Balaban J connectivity index is 1.83. The number of ether oxygens (including phenoxy) is 1. The van der Waals surface area contributed by atoms with Crippen molar-refractivity contribution in [1.29, 1.82) is 0 Å². The van der Waals surface area contributed by atoms with Gasteiger partial charge in [0.1, 0.15) is 5.75 Å². The summed E-state index contributed by atoms with van der Waals surface area (Å²) >= 11 is 3.44. The molecule has 2 aromatic carbocycles. The van der Waals surface area contributed by atoms with Gasteiger partial charge < -0.3 is 10.1 Å². The smallest absolute Gasteiger partial charge is 0.271 e. The summed E-state index contributed by atoms with van der Waals surface area (Å²) in [6.45, 7) is 4.19. The van der Waals surface area contributed by atoms with Gasteiger partial charge in [0.05, 0.1) is 21.7 Å². The molecule has 0 aromatic heterocycles. The average Bonchev–Trinajstić information content (AvgIpc) is 2.55. The van der Waals surface area contributed by atoms with E-state index in [1.165, 1.54) is 12.1 Å². The number of halogens is 1. The lowest BCUT2D eigenvalue weighted by atomic mass is 10.1. The van der Waals surface area contributed by atoms with E-state index in [9.17, 15) is 14.9 Å². The molecule has 0 atom stereocenters. The Morgan fingerprint density at radius 1 is 1.24 bits per heavy atom. The Labute approximate surface area is 154 Å². The maximum absolute atomic E-state index is 12.0. The number of aryl methyl sites for hydroxylation is 2. The molecule has 0 saturated carbocycles. The van der Waals surface area contributed by atoms with Gasteiger partial charge in [-0.2, -0.15) is 0 Å². The lowest BCUT2D eigenvalue weighted by molar-refractivity contribution is -0.384. The quantitative estimate of drug-likeness (QED) is 0.407. The zero-order valence-corrected chi connectivity index (χ0v) is 15.6. The predicted octanol–water partition coefficient (Wildman–Crippen LogP) is 4.77. The number of hydrogen-bond acceptors (Lipinski definition) is 4. The SMILES string of the molecule is Cc1ccc(OCCCC(=O)Nc2cc([N+](=O)[O-])ccc2C)c(Br)c1. The van der Waals surface area contributed by atoms with Crippen molar-refractivity contribution in [3.8, 4) is 5.75 Å². The van der Waals surface area contributed by atoms with Crippen molar-refractivity contribution in [2.45, 2.75) is 26.7 Å². The van der Waals surface area contributed by atoms with Crippen LogP contribution in [0.2, 0.25) is 0 Å². The number of anilines is 1. The van der Waals surface area contributed by atoms with Gasteiger partial charge in [0.2, 0.25) is 5.91 Å². The number of non-ortho nitro benzene ring substituents is 1. The van der Waals surface area contributed by atoms with E-state index in [4.69, 9.17) is 4.74 Å². The molecular weight excluding hydrogens is 388 g/mol. The van der Waals surface area contributed by atoms with E-state index in [2.05, 4.69) is 21.2 Å². The molecule has 0 spiro atoms. The number of nitrogens with one attached hydrogen (secondary N) is 1. The van der Waals surface area contributed by atoms with E-state index in [0.29, 0.717) is 18.7 Å². The molecule has 0 radical (unpaired) electrons. The third-order valence-corrected chi connectivity index (χ3v) is 4.22. The zero-order chi connectivity index (χ0) is 18.4. The first-order chi connectivity index (χ1) is 11.9. The van der Waals surface area contributed by atoms with Gasteiger partial charge in [0.15, 0.2) is 0 Å². The molecule has 0 saturated heterocycles. The molecule has 1 N–H and O–H groups in total. The van der Waals surface area contributed by atoms with Crippen molar-refractivity contribution >= 4 is 33.2 Å². The van der Waals surface area contributed by atoms with Crippen LogP contribution in [0.5, 0.6) is 5.75 Å². The van der Waals surface area contributed by atoms with E-state index < -0.39 is 4.92 Å². The molecule has 0 unspecified atom stereocenters. The summed E-state index contributed by atoms with van der Waals surface area (Å²) in [7, 11) is 0. The van der Waals surface area contributed by atoms with Crippen molar-refractivity contribution in [2.24, 2.45) is 0 Å². The Morgan fingerprint density at radius 3 is 2.68 bits per heavy atom. The Morgan fingerprint density at radius 2 is 2.00 bits per heavy atom. The molecule has 0 aliphatic heterocycles. The number of carbonyl (C=O) groups is 1. The zero-order valence-electron chi connectivity index (χ0n) is 14.0. The fourth-order valence-corrected chi connectivity index (χ4v) is 2.82. The third-order valence-electron chi connectivity index (χ3n) is 3.60. The number of nitrogens with zero attached hydrogens (tertiary/aromatic N) is 1. The third kappa shape index (κ3) is 5.56. The number of rotatable bonds is 7. The highest BCUT2D eigenvalue weighted by Gasteiger charge is 2.11. The van der Waals surface area contributed by atoms with Gasteiger partial charge in [-0.1, -0.05) is 12.1 Å². The van der Waals surface area contributed by atoms with Gasteiger partial charge in [0, 0.05) is 18.6 Å². The highest BCUT2D eigenvalue weighted by atomic mass is 79.9. The van der Waals surface area contributed by atoms with Gasteiger partial charge in [-0.3, -0.25) is 14.9 Å². The highest BCUT2D eigenvalue weighted by Crippen LogP contribution is 2.26. The summed E-state index contributed by atoms with van der Waals surface area (Å²) in [5, 5.41) is 13.5. The summed E-state index contributed by atoms with van der Waals surface area (Å²) in [6, 6.07) is 10.2. The summed E-state index contributed by atoms with van der Waals surface area (Å²) < 4.78 is 6.53. The first kappa shape index (κ1) is 18.9. The number of carbonyl (C=O) groups excluding carboxylic acids is 1. The van der Waals surface area contributed by atoms with Crippen molar-refractivity contribution < 1.29 is 14.5 Å². The van der Waals surface area contributed by atoms with E-state index in [0.717, 1.165) is 21.3 Å². The number of nitro benzene ring substituents is 1. The van der Waals surface area contributed by atoms with Crippen LogP contribution in [-0.4, -0.2) is 17.4 Å². The maximum atomic E-state index is 12.0. The first-order valence-corrected chi connectivity index (χ1v) is 8.60. The molecule has 0 aliphatic carbocycles. The van der Waals surface area contributed by atoms with Crippen LogP contribution < -0.4 is 10.1 Å². The molecule has 132 valence electrons. The minimum absolute atomic E-state index is 0.0477. The number of hydrogen-bond donors (Lipinski definition) is 1. The minimum atomic E-state index is -0.484. The molecule has 2 rings (SSSR count). The van der Waals surface area contributed by atoms with E-state index in [1.807, 2.05) is 25.1 Å². The maximum Gasteiger partial charge on any atom is 0.271 e. The number of nitro groups is 1. The standard InChI is InChI=1S/C18H19BrN2O4/c1-12-5-8-17(15(19)10-12)25-9-3-4-18(22)20-16-11-14(21(23)24)7-6-13(16)2/h5-8,10-11H,3-4,9H2,1-2H3,(H,20,22). The molecule has 0 bridgehead atoms. The van der Waals surface area contributed by atoms with Crippen LogP contribution in [0.1, 0.15) is 24.0 Å². The lowest BCUT2D eigenvalue weighted by Gasteiger charge is -2.10. The van der Waals surface area contributed by atoms with Crippen LogP contribution in [0.15, 0.2) is 40.9 Å². The summed E-state index contributed by atoms with van der Waals surface area (Å²) in [4.78, 5) is 22.4.